The van der Waals surface area contributed by atoms with E-state index in [1.807, 2.05) is 0 Å². The van der Waals surface area contributed by atoms with Gasteiger partial charge in [0.05, 0.1) is 0 Å². The summed E-state index contributed by atoms with van der Waals surface area (Å²) in [6.07, 6.45) is 5.77. The zero-order valence-electron chi connectivity index (χ0n) is 9.25. The molecule has 0 saturated carbocycles. The largest absolute Gasteiger partial charge is 0.0835 e. The van der Waals surface area contributed by atoms with Crippen LogP contribution in [0.4, 0.5) is 0 Å². The van der Waals surface area contributed by atoms with Crippen molar-refractivity contribution in [3.05, 3.63) is 47.5 Å². The van der Waals surface area contributed by atoms with Crippen molar-refractivity contribution in [1.82, 2.24) is 0 Å². The molecule has 0 N–H and O–H groups in total. The Hall–Kier alpha value is -1.04. The lowest BCUT2D eigenvalue weighted by molar-refractivity contribution is 0.363. The van der Waals surface area contributed by atoms with Gasteiger partial charge in [-0.3, -0.25) is 0 Å². The molecule has 1 atom stereocenters. The van der Waals surface area contributed by atoms with Crippen molar-refractivity contribution < 1.29 is 0 Å². The second-order valence-electron chi connectivity index (χ2n) is 5.17. The van der Waals surface area contributed by atoms with E-state index in [2.05, 4.69) is 57.2 Å². The van der Waals surface area contributed by atoms with Gasteiger partial charge in [0, 0.05) is 5.92 Å². The molecule has 0 aromatic heterocycles. The minimum atomic E-state index is 0.326. The van der Waals surface area contributed by atoms with Crippen LogP contribution in [0, 0.1) is 5.41 Å². The minimum Gasteiger partial charge on any atom is -0.0835 e. The van der Waals surface area contributed by atoms with Crippen molar-refractivity contribution in [2.75, 3.05) is 0 Å². The van der Waals surface area contributed by atoms with Gasteiger partial charge in [0.15, 0.2) is 0 Å². The lowest BCUT2D eigenvalue weighted by Crippen LogP contribution is -2.19. The van der Waals surface area contributed by atoms with Crippen LogP contribution in [0.3, 0.4) is 0 Å². The molecule has 0 amide bonds. The zero-order chi connectivity index (χ0) is 10.2. The monoisotopic (exact) mass is 186 g/mol. The van der Waals surface area contributed by atoms with Crippen molar-refractivity contribution in [2.24, 2.45) is 5.41 Å². The van der Waals surface area contributed by atoms with Gasteiger partial charge in [0.25, 0.3) is 0 Å². The minimum absolute atomic E-state index is 0.326. The molecular weight excluding hydrogens is 168 g/mol. The van der Waals surface area contributed by atoms with Crippen LogP contribution in [0.25, 0.3) is 0 Å². The Bertz CT molecular complexity index is 353. The summed E-state index contributed by atoms with van der Waals surface area (Å²) in [7, 11) is 0. The fourth-order valence-corrected chi connectivity index (χ4v) is 2.21. The van der Waals surface area contributed by atoms with Crippen molar-refractivity contribution in [1.29, 1.82) is 0 Å². The molecular formula is C14H18. The number of allylic oxidation sites excluding steroid dienone is 2. The van der Waals surface area contributed by atoms with E-state index in [1.165, 1.54) is 11.1 Å². The van der Waals surface area contributed by atoms with Crippen LogP contribution < -0.4 is 0 Å². The molecule has 1 aliphatic carbocycles. The first-order valence-electron chi connectivity index (χ1n) is 5.33. The highest BCUT2D eigenvalue weighted by Crippen LogP contribution is 2.39. The number of rotatable bonds is 0. The van der Waals surface area contributed by atoms with Crippen LogP contribution in [-0.4, -0.2) is 0 Å². The standard InChI is InChI=1S/C14H18/c1-14(2,3)13-10-6-8-11-7-4-5-9-12(11)13/h4-7,9-10,13H,8H2,1-3H3/t13-/m0/s1. The van der Waals surface area contributed by atoms with Gasteiger partial charge in [-0.15, -0.1) is 0 Å². The predicted molar refractivity (Wildman–Crippen MR) is 61.5 cm³/mol. The third kappa shape index (κ3) is 1.61. The maximum Gasteiger partial charge on any atom is 0.00695 e. The first kappa shape index (κ1) is 9.51. The van der Waals surface area contributed by atoms with Crippen molar-refractivity contribution in [2.45, 2.75) is 33.1 Å². The lowest BCUT2D eigenvalue weighted by atomic mass is 9.72. The van der Waals surface area contributed by atoms with E-state index in [-0.39, 0.29) is 0 Å². The van der Waals surface area contributed by atoms with Gasteiger partial charge in [-0.1, -0.05) is 57.2 Å². The van der Waals surface area contributed by atoms with Crippen LogP contribution in [-0.2, 0) is 6.42 Å². The lowest BCUT2D eigenvalue weighted by Gasteiger charge is -2.32. The number of fused-ring (bicyclic) bond motifs is 1. The van der Waals surface area contributed by atoms with Crippen LogP contribution >= 0.6 is 0 Å². The molecule has 0 heteroatoms. The van der Waals surface area contributed by atoms with Gasteiger partial charge in [-0.2, -0.15) is 0 Å². The summed E-state index contributed by atoms with van der Waals surface area (Å²) in [6, 6.07) is 8.81. The number of hydrogen-bond donors (Lipinski definition) is 0. The molecule has 1 aromatic carbocycles. The fourth-order valence-electron chi connectivity index (χ4n) is 2.21. The highest BCUT2D eigenvalue weighted by atomic mass is 14.3. The van der Waals surface area contributed by atoms with Gasteiger partial charge in [-0.05, 0) is 23.0 Å². The Morgan fingerprint density at radius 3 is 2.57 bits per heavy atom. The SMILES string of the molecule is CC(C)(C)[C@H]1C=CCc2ccccc21. The third-order valence-electron chi connectivity index (χ3n) is 2.99. The van der Waals surface area contributed by atoms with E-state index >= 15 is 0 Å². The maximum absolute atomic E-state index is 2.36. The molecule has 0 heterocycles. The smallest absolute Gasteiger partial charge is 0.00695 e. The molecule has 0 aliphatic heterocycles. The van der Waals surface area contributed by atoms with Crippen LogP contribution in [0.1, 0.15) is 37.8 Å². The van der Waals surface area contributed by atoms with Crippen LogP contribution in [0.15, 0.2) is 36.4 Å². The summed E-state index contributed by atoms with van der Waals surface area (Å²) in [6.45, 7) is 6.93. The molecule has 14 heavy (non-hydrogen) atoms. The summed E-state index contributed by atoms with van der Waals surface area (Å²) in [5.41, 5.74) is 3.34. The molecule has 2 rings (SSSR count). The molecule has 0 nitrogen and oxygen atoms in total. The third-order valence-corrected chi connectivity index (χ3v) is 2.99. The maximum atomic E-state index is 2.36. The Morgan fingerprint density at radius 1 is 1.14 bits per heavy atom. The Labute approximate surface area is 86.7 Å². The normalized spacial score (nSPS) is 20.6. The van der Waals surface area contributed by atoms with Gasteiger partial charge in [0.2, 0.25) is 0 Å². The summed E-state index contributed by atoms with van der Waals surface area (Å²) in [5.74, 6) is 0.576. The Balaban J connectivity index is 2.46. The molecule has 0 unspecified atom stereocenters. The summed E-state index contributed by atoms with van der Waals surface area (Å²) in [5, 5.41) is 0. The van der Waals surface area contributed by atoms with E-state index in [9.17, 15) is 0 Å². The first-order chi connectivity index (χ1) is 6.59. The summed E-state index contributed by atoms with van der Waals surface area (Å²) in [4.78, 5) is 0. The van der Waals surface area contributed by atoms with E-state index < -0.39 is 0 Å². The van der Waals surface area contributed by atoms with Crippen molar-refractivity contribution in [3.63, 3.8) is 0 Å². The Morgan fingerprint density at radius 2 is 1.86 bits per heavy atom. The van der Waals surface area contributed by atoms with Crippen molar-refractivity contribution in [3.8, 4) is 0 Å². The molecule has 1 aliphatic rings. The number of benzene rings is 1. The second-order valence-corrected chi connectivity index (χ2v) is 5.17. The molecule has 0 fully saturated rings. The average molecular weight is 186 g/mol. The summed E-state index contributed by atoms with van der Waals surface area (Å²) >= 11 is 0. The quantitative estimate of drug-likeness (QED) is 0.538. The molecule has 74 valence electrons. The molecule has 1 aromatic rings. The molecule has 0 saturated heterocycles. The van der Waals surface area contributed by atoms with Gasteiger partial charge in [0.1, 0.15) is 0 Å². The van der Waals surface area contributed by atoms with Crippen LogP contribution in [0.5, 0.6) is 0 Å². The second kappa shape index (κ2) is 3.27. The average Bonchev–Trinajstić information content (AvgIpc) is 2.15. The molecule has 0 spiro atoms. The van der Waals surface area contributed by atoms with Gasteiger partial charge < -0.3 is 0 Å². The van der Waals surface area contributed by atoms with Gasteiger partial charge in [-0.25, -0.2) is 0 Å². The highest BCUT2D eigenvalue weighted by Gasteiger charge is 2.26. The van der Waals surface area contributed by atoms with E-state index in [1.54, 1.807) is 0 Å². The predicted octanol–water partition coefficient (Wildman–Crippen LogP) is 3.93. The van der Waals surface area contributed by atoms with E-state index in [0.29, 0.717) is 11.3 Å². The van der Waals surface area contributed by atoms with E-state index in [4.69, 9.17) is 0 Å². The summed E-state index contributed by atoms with van der Waals surface area (Å²) < 4.78 is 0. The number of hydrogen-bond acceptors (Lipinski definition) is 0. The van der Waals surface area contributed by atoms with Crippen molar-refractivity contribution >= 4 is 0 Å². The zero-order valence-corrected chi connectivity index (χ0v) is 9.25. The van der Waals surface area contributed by atoms with Crippen LogP contribution in [0.2, 0.25) is 0 Å². The Kier molecular flexibility index (Phi) is 2.22. The molecule has 0 radical (unpaired) electrons. The van der Waals surface area contributed by atoms with E-state index in [0.717, 1.165) is 6.42 Å². The first-order valence-corrected chi connectivity index (χ1v) is 5.33. The topological polar surface area (TPSA) is 0 Å². The molecule has 0 bridgehead atoms. The van der Waals surface area contributed by atoms with Gasteiger partial charge >= 0.3 is 0 Å². The highest BCUT2D eigenvalue weighted by molar-refractivity contribution is 5.39. The fraction of sp³-hybridized carbons (Fsp3) is 0.429.